The number of hydrogen-bond donors (Lipinski definition) is 0. The van der Waals surface area contributed by atoms with Crippen LogP contribution < -0.4 is 0 Å². The standard InChI is InChI=1S/C18H20N2O/c1-13-3-6-17(14(2)11-13)18(21)20(16-4-5-16)12-15-7-9-19-10-8-15/h3,6-11,16H,4-5,12H2,1-2H3. The SMILES string of the molecule is Cc1ccc(C(=O)N(Cc2ccncc2)C2CC2)c(C)c1. The van der Waals surface area contributed by atoms with Gasteiger partial charge in [-0.1, -0.05) is 17.7 Å². The lowest BCUT2D eigenvalue weighted by Crippen LogP contribution is -2.33. The molecule has 1 aromatic heterocycles. The normalized spacial score (nSPS) is 14.0. The molecule has 2 aromatic rings. The van der Waals surface area contributed by atoms with Crippen LogP contribution >= 0.6 is 0 Å². The largest absolute Gasteiger partial charge is 0.331 e. The third kappa shape index (κ3) is 3.13. The molecular formula is C18H20N2O. The Kier molecular flexibility index (Phi) is 3.74. The molecule has 0 atom stereocenters. The lowest BCUT2D eigenvalue weighted by molar-refractivity contribution is 0.0729. The summed E-state index contributed by atoms with van der Waals surface area (Å²) >= 11 is 0. The van der Waals surface area contributed by atoms with Crippen LogP contribution in [0, 0.1) is 13.8 Å². The van der Waals surface area contributed by atoms with Crippen LogP contribution in [0.4, 0.5) is 0 Å². The molecule has 108 valence electrons. The molecule has 0 saturated heterocycles. The first kappa shape index (κ1) is 13.8. The minimum absolute atomic E-state index is 0.145. The number of pyridine rings is 1. The predicted molar refractivity (Wildman–Crippen MR) is 83.0 cm³/mol. The third-order valence-electron chi connectivity index (χ3n) is 3.96. The first-order chi connectivity index (χ1) is 10.1. The molecule has 1 heterocycles. The number of aryl methyl sites for hydroxylation is 2. The van der Waals surface area contributed by atoms with Gasteiger partial charge in [-0.3, -0.25) is 9.78 Å². The summed E-state index contributed by atoms with van der Waals surface area (Å²) in [5, 5.41) is 0. The predicted octanol–water partition coefficient (Wildman–Crippen LogP) is 3.50. The van der Waals surface area contributed by atoms with Gasteiger partial charge in [0.2, 0.25) is 0 Å². The van der Waals surface area contributed by atoms with Crippen molar-refractivity contribution >= 4 is 5.91 Å². The van der Waals surface area contributed by atoms with Gasteiger partial charge < -0.3 is 4.90 Å². The van der Waals surface area contributed by atoms with Crippen LogP contribution in [0.5, 0.6) is 0 Å². The Bertz CT molecular complexity index is 648. The third-order valence-corrected chi connectivity index (χ3v) is 3.96. The Hall–Kier alpha value is -2.16. The molecule has 3 nitrogen and oxygen atoms in total. The van der Waals surface area contributed by atoms with Gasteiger partial charge in [0.1, 0.15) is 0 Å². The molecular weight excluding hydrogens is 260 g/mol. The van der Waals surface area contributed by atoms with Crippen molar-refractivity contribution in [2.24, 2.45) is 0 Å². The number of amides is 1. The van der Waals surface area contributed by atoms with E-state index >= 15 is 0 Å². The van der Waals surface area contributed by atoms with Gasteiger partial charge >= 0.3 is 0 Å². The molecule has 0 bridgehead atoms. The van der Waals surface area contributed by atoms with Crippen LogP contribution in [0.1, 0.15) is 39.9 Å². The van der Waals surface area contributed by atoms with E-state index in [-0.39, 0.29) is 5.91 Å². The van der Waals surface area contributed by atoms with Crippen molar-refractivity contribution < 1.29 is 4.79 Å². The highest BCUT2D eigenvalue weighted by Crippen LogP contribution is 2.30. The van der Waals surface area contributed by atoms with Crippen LogP contribution in [0.15, 0.2) is 42.7 Å². The highest BCUT2D eigenvalue weighted by Gasteiger charge is 2.33. The van der Waals surface area contributed by atoms with E-state index in [2.05, 4.69) is 18.0 Å². The molecule has 1 aromatic carbocycles. The Morgan fingerprint density at radius 3 is 2.52 bits per heavy atom. The molecule has 1 aliphatic carbocycles. The van der Waals surface area contributed by atoms with Crippen LogP contribution in [-0.4, -0.2) is 21.8 Å². The maximum atomic E-state index is 12.9. The lowest BCUT2D eigenvalue weighted by Gasteiger charge is -2.23. The lowest BCUT2D eigenvalue weighted by atomic mass is 10.0. The van der Waals surface area contributed by atoms with E-state index in [1.807, 2.05) is 36.1 Å². The van der Waals surface area contributed by atoms with Gasteiger partial charge in [0.25, 0.3) is 5.91 Å². The average Bonchev–Trinajstić information content (AvgIpc) is 3.30. The smallest absolute Gasteiger partial charge is 0.254 e. The number of benzene rings is 1. The second-order valence-electron chi connectivity index (χ2n) is 5.84. The monoisotopic (exact) mass is 280 g/mol. The number of carbonyl (C=O) groups excluding carboxylic acids is 1. The van der Waals surface area contributed by atoms with Crippen LogP contribution in [-0.2, 0) is 6.54 Å². The van der Waals surface area contributed by atoms with E-state index in [1.165, 1.54) is 5.56 Å². The molecule has 1 fully saturated rings. The van der Waals surface area contributed by atoms with Crippen molar-refractivity contribution in [1.82, 2.24) is 9.88 Å². The number of carbonyl (C=O) groups is 1. The zero-order chi connectivity index (χ0) is 14.8. The van der Waals surface area contributed by atoms with Gasteiger partial charge in [0.05, 0.1) is 0 Å². The molecule has 0 spiro atoms. The fraction of sp³-hybridized carbons (Fsp3) is 0.333. The van der Waals surface area contributed by atoms with Gasteiger partial charge in [-0.15, -0.1) is 0 Å². The van der Waals surface area contributed by atoms with E-state index < -0.39 is 0 Å². The summed E-state index contributed by atoms with van der Waals surface area (Å²) in [6.45, 7) is 4.73. The molecule has 0 radical (unpaired) electrons. The molecule has 1 saturated carbocycles. The topological polar surface area (TPSA) is 33.2 Å². The Morgan fingerprint density at radius 2 is 1.90 bits per heavy atom. The highest BCUT2D eigenvalue weighted by atomic mass is 16.2. The van der Waals surface area contributed by atoms with Gasteiger partial charge in [0, 0.05) is 30.5 Å². The van der Waals surface area contributed by atoms with Crippen molar-refractivity contribution in [1.29, 1.82) is 0 Å². The maximum Gasteiger partial charge on any atom is 0.254 e. The van der Waals surface area contributed by atoms with E-state index in [9.17, 15) is 4.79 Å². The molecule has 3 rings (SSSR count). The van der Waals surface area contributed by atoms with E-state index in [0.717, 1.165) is 29.5 Å². The van der Waals surface area contributed by atoms with Gasteiger partial charge in [-0.2, -0.15) is 0 Å². The summed E-state index contributed by atoms with van der Waals surface area (Å²) in [6.07, 6.45) is 5.79. The van der Waals surface area contributed by atoms with Crippen molar-refractivity contribution in [2.45, 2.75) is 39.3 Å². The van der Waals surface area contributed by atoms with E-state index in [4.69, 9.17) is 0 Å². The Morgan fingerprint density at radius 1 is 1.19 bits per heavy atom. The van der Waals surface area contributed by atoms with Crippen LogP contribution in [0.2, 0.25) is 0 Å². The summed E-state index contributed by atoms with van der Waals surface area (Å²) < 4.78 is 0. The molecule has 3 heteroatoms. The Balaban J connectivity index is 1.85. The van der Waals surface area contributed by atoms with E-state index in [1.54, 1.807) is 12.4 Å². The second kappa shape index (κ2) is 5.68. The van der Waals surface area contributed by atoms with Gasteiger partial charge in [-0.25, -0.2) is 0 Å². The van der Waals surface area contributed by atoms with Gasteiger partial charge in [0.15, 0.2) is 0 Å². The maximum absolute atomic E-state index is 12.9. The van der Waals surface area contributed by atoms with Crippen molar-refractivity contribution in [3.8, 4) is 0 Å². The molecule has 1 amide bonds. The second-order valence-corrected chi connectivity index (χ2v) is 5.84. The first-order valence-corrected chi connectivity index (χ1v) is 7.42. The summed E-state index contributed by atoms with van der Waals surface area (Å²) in [4.78, 5) is 18.9. The fourth-order valence-corrected chi connectivity index (χ4v) is 2.65. The fourth-order valence-electron chi connectivity index (χ4n) is 2.65. The van der Waals surface area contributed by atoms with E-state index in [0.29, 0.717) is 12.6 Å². The molecule has 0 aliphatic heterocycles. The summed E-state index contributed by atoms with van der Waals surface area (Å²) in [7, 11) is 0. The summed E-state index contributed by atoms with van der Waals surface area (Å²) in [6, 6.07) is 10.4. The summed E-state index contributed by atoms with van der Waals surface area (Å²) in [5.74, 6) is 0.145. The van der Waals surface area contributed by atoms with Crippen LogP contribution in [0.25, 0.3) is 0 Å². The molecule has 1 aliphatic rings. The van der Waals surface area contributed by atoms with Crippen molar-refractivity contribution in [3.63, 3.8) is 0 Å². The van der Waals surface area contributed by atoms with Crippen LogP contribution in [0.3, 0.4) is 0 Å². The number of aromatic nitrogens is 1. The zero-order valence-electron chi connectivity index (χ0n) is 12.5. The minimum Gasteiger partial charge on any atom is -0.331 e. The Labute approximate surface area is 125 Å². The van der Waals surface area contributed by atoms with Gasteiger partial charge in [-0.05, 0) is 56.0 Å². The number of nitrogens with zero attached hydrogens (tertiary/aromatic N) is 2. The number of hydrogen-bond acceptors (Lipinski definition) is 2. The van der Waals surface area contributed by atoms with Crippen molar-refractivity contribution in [3.05, 3.63) is 65.0 Å². The first-order valence-electron chi connectivity index (χ1n) is 7.42. The number of rotatable bonds is 4. The molecule has 0 unspecified atom stereocenters. The van der Waals surface area contributed by atoms with Crippen molar-refractivity contribution in [2.75, 3.05) is 0 Å². The zero-order valence-corrected chi connectivity index (χ0v) is 12.5. The quantitative estimate of drug-likeness (QED) is 0.858. The molecule has 21 heavy (non-hydrogen) atoms. The minimum atomic E-state index is 0.145. The summed E-state index contributed by atoms with van der Waals surface area (Å²) in [5.41, 5.74) is 4.20. The molecule has 0 N–H and O–H groups in total. The highest BCUT2D eigenvalue weighted by molar-refractivity contribution is 5.96. The average molecular weight is 280 g/mol.